The number of hydrogen-bond donors (Lipinski definition) is 0. The van der Waals surface area contributed by atoms with Crippen LogP contribution in [-0.2, 0) is 6.18 Å². The van der Waals surface area contributed by atoms with Gasteiger partial charge in [0, 0.05) is 43.6 Å². The quantitative estimate of drug-likeness (QED) is 0.562. The van der Waals surface area contributed by atoms with Crippen LogP contribution in [0, 0.1) is 11.3 Å². The maximum absolute atomic E-state index is 13.5. The van der Waals surface area contributed by atoms with Crippen LogP contribution in [0.2, 0.25) is 0 Å². The first kappa shape index (κ1) is 22.6. The zero-order valence-corrected chi connectivity index (χ0v) is 18.6. The number of hydrogen-bond acceptors (Lipinski definition) is 7. The molecule has 2 unspecified atom stereocenters. The van der Waals surface area contributed by atoms with E-state index in [0.29, 0.717) is 17.1 Å². The number of likely N-dealkylation sites (tertiary alicyclic amines) is 1. The van der Waals surface area contributed by atoms with E-state index in [4.69, 9.17) is 4.74 Å². The monoisotopic (exact) mass is 483 g/mol. The number of alkyl halides is 3. The Labute approximate surface area is 198 Å². The summed E-state index contributed by atoms with van der Waals surface area (Å²) in [6.07, 6.45) is -0.210. The number of pyridine rings is 2. The van der Waals surface area contributed by atoms with Crippen molar-refractivity contribution < 1.29 is 22.7 Å². The second-order valence-electron chi connectivity index (χ2n) is 8.34. The maximum atomic E-state index is 13.5. The molecule has 2 aliphatic rings. The van der Waals surface area contributed by atoms with Gasteiger partial charge in [0.15, 0.2) is 23.1 Å². The van der Waals surface area contributed by atoms with Crippen LogP contribution in [0.1, 0.15) is 34.6 Å². The van der Waals surface area contributed by atoms with Gasteiger partial charge < -0.3 is 14.5 Å². The number of nitriles is 1. The van der Waals surface area contributed by atoms with Crippen LogP contribution in [0.3, 0.4) is 0 Å². The SMILES string of the molecule is COc1c(C#N)ccnc1N1C2CCC1CN(C(=O)c1cc(C(F)(F)F)nn1-c1ccccn1)C2. The van der Waals surface area contributed by atoms with Gasteiger partial charge in [0.2, 0.25) is 0 Å². The normalized spacial score (nSPS) is 19.5. The molecule has 0 radical (unpaired) electrons. The molecular weight excluding hydrogens is 463 g/mol. The topological polar surface area (TPSA) is 100 Å². The van der Waals surface area contributed by atoms with Crippen molar-refractivity contribution in [3.05, 3.63) is 59.7 Å². The lowest BCUT2D eigenvalue weighted by molar-refractivity contribution is -0.141. The first-order valence-corrected chi connectivity index (χ1v) is 10.9. The lowest BCUT2D eigenvalue weighted by atomic mass is 10.1. The van der Waals surface area contributed by atoms with Crippen LogP contribution < -0.4 is 9.64 Å². The van der Waals surface area contributed by atoms with Gasteiger partial charge >= 0.3 is 6.18 Å². The molecule has 3 aromatic heterocycles. The average Bonchev–Trinajstić information content (AvgIpc) is 3.42. The van der Waals surface area contributed by atoms with E-state index < -0.39 is 17.8 Å². The Morgan fingerprint density at radius 2 is 1.89 bits per heavy atom. The highest BCUT2D eigenvalue weighted by molar-refractivity contribution is 5.93. The first-order chi connectivity index (χ1) is 16.8. The number of amides is 1. The molecule has 3 aromatic rings. The van der Waals surface area contributed by atoms with E-state index in [0.717, 1.165) is 23.6 Å². The number of carbonyl (C=O) groups is 1. The molecule has 0 aliphatic carbocycles. The van der Waals surface area contributed by atoms with Crippen LogP contribution in [0.15, 0.2) is 42.7 Å². The number of ether oxygens (including phenoxy) is 1. The molecular formula is C23H20F3N7O2. The predicted octanol–water partition coefficient (Wildman–Crippen LogP) is 3.05. The second kappa shape index (κ2) is 8.57. The summed E-state index contributed by atoms with van der Waals surface area (Å²) in [5.41, 5.74) is -1.00. The molecule has 0 N–H and O–H groups in total. The zero-order valence-electron chi connectivity index (χ0n) is 18.6. The van der Waals surface area contributed by atoms with E-state index in [1.165, 1.54) is 25.6 Å². The summed E-state index contributed by atoms with van der Waals surface area (Å²) in [5, 5.41) is 13.1. The van der Waals surface area contributed by atoms with E-state index in [9.17, 15) is 23.2 Å². The van der Waals surface area contributed by atoms with Crippen LogP contribution in [-0.4, -0.2) is 62.8 Å². The summed E-state index contributed by atoms with van der Waals surface area (Å²) < 4.78 is 46.7. The highest BCUT2D eigenvalue weighted by atomic mass is 19.4. The molecule has 180 valence electrons. The Kier molecular flexibility index (Phi) is 5.55. The standard InChI is InChI=1S/C23H20F3N7O2/c1-35-20-14(11-27)7-9-29-21(20)32-15-5-6-16(32)13-31(12-15)22(34)17-10-18(23(24,25)26)30-33(17)19-4-2-3-8-28-19/h2-4,7-10,15-16H,5-6,12-13H2,1H3. The van der Waals surface area contributed by atoms with Gasteiger partial charge in [-0.25, -0.2) is 14.6 Å². The molecule has 12 heteroatoms. The number of aromatic nitrogens is 4. The number of anilines is 1. The van der Waals surface area contributed by atoms with Gasteiger partial charge in [0.25, 0.3) is 5.91 Å². The van der Waals surface area contributed by atoms with Crippen molar-refractivity contribution in [1.82, 2.24) is 24.6 Å². The summed E-state index contributed by atoms with van der Waals surface area (Å²) >= 11 is 0. The van der Waals surface area contributed by atoms with Crippen molar-refractivity contribution in [3.63, 3.8) is 0 Å². The molecule has 35 heavy (non-hydrogen) atoms. The summed E-state index contributed by atoms with van der Waals surface area (Å²) in [4.78, 5) is 25.6. The fourth-order valence-corrected chi connectivity index (χ4v) is 4.81. The van der Waals surface area contributed by atoms with E-state index in [-0.39, 0.29) is 36.7 Å². The number of methoxy groups -OCH3 is 1. The fraction of sp³-hybridized carbons (Fsp3) is 0.348. The minimum Gasteiger partial charge on any atom is -0.492 e. The summed E-state index contributed by atoms with van der Waals surface area (Å²) in [6, 6.07) is 8.92. The molecule has 2 fully saturated rings. The third-order valence-corrected chi connectivity index (χ3v) is 6.31. The van der Waals surface area contributed by atoms with Crippen molar-refractivity contribution in [2.75, 3.05) is 25.1 Å². The molecule has 0 aromatic carbocycles. The van der Waals surface area contributed by atoms with Crippen molar-refractivity contribution >= 4 is 11.7 Å². The molecule has 0 saturated carbocycles. The van der Waals surface area contributed by atoms with Gasteiger partial charge in [-0.15, -0.1) is 0 Å². The van der Waals surface area contributed by atoms with Crippen LogP contribution >= 0.6 is 0 Å². The minimum atomic E-state index is -4.71. The Balaban J connectivity index is 1.46. The smallest absolute Gasteiger partial charge is 0.435 e. The van der Waals surface area contributed by atoms with Gasteiger partial charge in [-0.3, -0.25) is 4.79 Å². The van der Waals surface area contributed by atoms with Crippen molar-refractivity contribution in [2.45, 2.75) is 31.1 Å². The molecule has 2 saturated heterocycles. The number of halogens is 3. The van der Waals surface area contributed by atoms with E-state index >= 15 is 0 Å². The summed E-state index contributed by atoms with van der Waals surface area (Å²) in [5.74, 6) is 0.467. The molecule has 1 amide bonds. The van der Waals surface area contributed by atoms with Crippen LogP contribution in [0.5, 0.6) is 5.75 Å². The number of piperazine rings is 1. The van der Waals surface area contributed by atoms with Gasteiger partial charge in [-0.05, 0) is 31.0 Å². The van der Waals surface area contributed by atoms with E-state index in [2.05, 4.69) is 26.0 Å². The maximum Gasteiger partial charge on any atom is 0.435 e. The number of fused-ring (bicyclic) bond motifs is 2. The lowest BCUT2D eigenvalue weighted by Crippen LogP contribution is -2.56. The predicted molar refractivity (Wildman–Crippen MR) is 117 cm³/mol. The second-order valence-corrected chi connectivity index (χ2v) is 8.34. The Bertz CT molecular complexity index is 1290. The van der Waals surface area contributed by atoms with E-state index in [1.54, 1.807) is 23.1 Å². The molecule has 5 heterocycles. The van der Waals surface area contributed by atoms with Gasteiger partial charge in [-0.1, -0.05) is 6.07 Å². The van der Waals surface area contributed by atoms with Crippen molar-refractivity contribution in [2.24, 2.45) is 0 Å². The van der Waals surface area contributed by atoms with Crippen molar-refractivity contribution in [3.8, 4) is 17.6 Å². The fourth-order valence-electron chi connectivity index (χ4n) is 4.81. The molecule has 9 nitrogen and oxygen atoms in total. The minimum absolute atomic E-state index is 0.121. The average molecular weight is 483 g/mol. The summed E-state index contributed by atoms with van der Waals surface area (Å²) in [7, 11) is 1.47. The molecule has 2 aliphatic heterocycles. The third-order valence-electron chi connectivity index (χ3n) is 6.31. The Hall–Kier alpha value is -4.14. The van der Waals surface area contributed by atoms with E-state index in [1.807, 2.05) is 0 Å². The van der Waals surface area contributed by atoms with Gasteiger partial charge in [-0.2, -0.15) is 23.5 Å². The van der Waals surface area contributed by atoms with Crippen molar-refractivity contribution in [1.29, 1.82) is 5.26 Å². The Morgan fingerprint density at radius 3 is 2.49 bits per heavy atom. The first-order valence-electron chi connectivity index (χ1n) is 10.9. The summed E-state index contributed by atoms with van der Waals surface area (Å²) in [6.45, 7) is 0.567. The van der Waals surface area contributed by atoms with Gasteiger partial charge in [0.1, 0.15) is 11.8 Å². The van der Waals surface area contributed by atoms with Crippen LogP contribution in [0.4, 0.5) is 19.0 Å². The number of rotatable bonds is 4. The highest BCUT2D eigenvalue weighted by Crippen LogP contribution is 2.40. The highest BCUT2D eigenvalue weighted by Gasteiger charge is 2.44. The zero-order chi connectivity index (χ0) is 24.7. The largest absolute Gasteiger partial charge is 0.492 e. The number of carbonyl (C=O) groups excluding carboxylic acids is 1. The number of nitrogens with zero attached hydrogens (tertiary/aromatic N) is 7. The Morgan fingerprint density at radius 1 is 1.14 bits per heavy atom. The lowest BCUT2D eigenvalue weighted by Gasteiger charge is -2.42. The van der Waals surface area contributed by atoms with Crippen LogP contribution in [0.25, 0.3) is 5.82 Å². The van der Waals surface area contributed by atoms with Gasteiger partial charge in [0.05, 0.1) is 12.7 Å². The molecule has 0 spiro atoms. The molecule has 2 atom stereocenters. The molecule has 5 rings (SSSR count). The molecule has 2 bridgehead atoms. The third kappa shape index (κ3) is 3.92.